The van der Waals surface area contributed by atoms with Gasteiger partial charge in [0.1, 0.15) is 6.04 Å². The van der Waals surface area contributed by atoms with Gasteiger partial charge in [-0.3, -0.25) is 9.59 Å². The van der Waals surface area contributed by atoms with Crippen LogP contribution in [-0.2, 0) is 14.3 Å². The predicted octanol–water partition coefficient (Wildman–Crippen LogP) is 1.46. The maximum absolute atomic E-state index is 11.9. The zero-order valence-corrected chi connectivity index (χ0v) is 12.0. The fourth-order valence-corrected chi connectivity index (χ4v) is 1.79. The molecule has 0 aliphatic rings. The van der Waals surface area contributed by atoms with Crippen LogP contribution in [0.1, 0.15) is 30.6 Å². The van der Waals surface area contributed by atoms with E-state index in [0.29, 0.717) is 5.56 Å². The molecule has 0 radical (unpaired) electrons. The van der Waals surface area contributed by atoms with Crippen molar-refractivity contribution >= 4 is 17.8 Å². The minimum Gasteiger partial charge on any atom is -0.480 e. The number of rotatable bonds is 7. The van der Waals surface area contributed by atoms with Crippen LogP contribution in [0.15, 0.2) is 30.3 Å². The molecule has 1 rings (SSSR count). The van der Waals surface area contributed by atoms with Gasteiger partial charge in [-0.2, -0.15) is 0 Å². The van der Waals surface area contributed by atoms with Gasteiger partial charge in [0.2, 0.25) is 0 Å². The first-order chi connectivity index (χ1) is 9.95. The van der Waals surface area contributed by atoms with Gasteiger partial charge in [0, 0.05) is 5.56 Å². The van der Waals surface area contributed by atoms with Crippen LogP contribution in [0.3, 0.4) is 0 Å². The van der Waals surface area contributed by atoms with E-state index >= 15 is 0 Å². The molecule has 2 atom stereocenters. The van der Waals surface area contributed by atoms with Crippen molar-refractivity contribution in [2.45, 2.75) is 26.3 Å². The lowest BCUT2D eigenvalue weighted by Crippen LogP contribution is -2.42. The van der Waals surface area contributed by atoms with Crippen molar-refractivity contribution < 1.29 is 24.2 Å². The monoisotopic (exact) mass is 293 g/mol. The summed E-state index contributed by atoms with van der Waals surface area (Å²) in [6.07, 6.45) is -0.0211. The molecule has 6 nitrogen and oxygen atoms in total. The molecule has 0 aliphatic heterocycles. The van der Waals surface area contributed by atoms with E-state index in [9.17, 15) is 14.4 Å². The number of ether oxygens (including phenoxy) is 1. The number of carbonyl (C=O) groups is 3. The van der Waals surface area contributed by atoms with Gasteiger partial charge in [0.15, 0.2) is 0 Å². The Morgan fingerprint density at radius 2 is 1.86 bits per heavy atom. The van der Waals surface area contributed by atoms with Gasteiger partial charge in [-0.1, -0.05) is 25.1 Å². The number of amides is 1. The summed E-state index contributed by atoms with van der Waals surface area (Å²) in [6.45, 7) is 3.48. The number of carbonyl (C=O) groups excluding carboxylic acids is 2. The highest BCUT2D eigenvalue weighted by molar-refractivity contribution is 5.96. The second kappa shape index (κ2) is 8.04. The third-order valence-corrected chi connectivity index (χ3v) is 2.92. The van der Waals surface area contributed by atoms with Crippen molar-refractivity contribution in [2.75, 3.05) is 6.61 Å². The van der Waals surface area contributed by atoms with Crippen molar-refractivity contribution in [3.8, 4) is 0 Å². The van der Waals surface area contributed by atoms with Crippen molar-refractivity contribution in [3.63, 3.8) is 0 Å². The van der Waals surface area contributed by atoms with Crippen LogP contribution in [0, 0.1) is 5.92 Å². The summed E-state index contributed by atoms with van der Waals surface area (Å²) in [7, 11) is 0. The Bertz CT molecular complexity index is 500. The van der Waals surface area contributed by atoms with Crippen LogP contribution in [0.25, 0.3) is 0 Å². The van der Waals surface area contributed by atoms with Crippen LogP contribution >= 0.6 is 0 Å². The highest BCUT2D eigenvalue weighted by Gasteiger charge is 2.26. The van der Waals surface area contributed by atoms with Gasteiger partial charge >= 0.3 is 11.9 Å². The van der Waals surface area contributed by atoms with E-state index in [4.69, 9.17) is 9.84 Å². The van der Waals surface area contributed by atoms with Gasteiger partial charge in [0.25, 0.3) is 5.91 Å². The van der Waals surface area contributed by atoms with Gasteiger partial charge in [-0.05, 0) is 25.5 Å². The zero-order valence-electron chi connectivity index (χ0n) is 12.0. The van der Waals surface area contributed by atoms with E-state index in [0.717, 1.165) is 0 Å². The van der Waals surface area contributed by atoms with E-state index in [2.05, 4.69) is 5.32 Å². The smallest absolute Gasteiger partial charge is 0.326 e. The van der Waals surface area contributed by atoms with Crippen molar-refractivity contribution in [1.82, 2.24) is 5.32 Å². The second-order valence-corrected chi connectivity index (χ2v) is 4.62. The summed E-state index contributed by atoms with van der Waals surface area (Å²) in [5.74, 6) is -2.76. The first-order valence-electron chi connectivity index (χ1n) is 6.71. The molecule has 1 amide bonds. The number of benzene rings is 1. The molecule has 0 heterocycles. The van der Waals surface area contributed by atoms with Crippen LogP contribution in [-0.4, -0.2) is 35.6 Å². The van der Waals surface area contributed by atoms with Crippen LogP contribution in [0.5, 0.6) is 0 Å². The van der Waals surface area contributed by atoms with Crippen molar-refractivity contribution in [1.29, 1.82) is 0 Å². The Labute approximate surface area is 123 Å². The number of hydrogen-bond acceptors (Lipinski definition) is 4. The van der Waals surface area contributed by atoms with E-state index < -0.39 is 29.8 Å². The molecule has 0 saturated carbocycles. The van der Waals surface area contributed by atoms with Gasteiger partial charge in [-0.25, -0.2) is 4.79 Å². The Kier molecular flexibility index (Phi) is 6.39. The molecule has 6 heteroatoms. The molecule has 0 saturated heterocycles. The summed E-state index contributed by atoms with van der Waals surface area (Å²) in [4.78, 5) is 34.7. The molecule has 0 aromatic heterocycles. The first kappa shape index (κ1) is 16.7. The molecule has 1 aromatic carbocycles. The molecule has 0 spiro atoms. The zero-order chi connectivity index (χ0) is 15.8. The lowest BCUT2D eigenvalue weighted by Gasteiger charge is -2.18. The summed E-state index contributed by atoms with van der Waals surface area (Å²) in [6, 6.07) is 7.16. The summed E-state index contributed by atoms with van der Waals surface area (Å²) in [5, 5.41) is 11.6. The van der Waals surface area contributed by atoms with Crippen LogP contribution in [0.4, 0.5) is 0 Å². The van der Waals surface area contributed by atoms with E-state index in [1.165, 1.54) is 0 Å². The highest BCUT2D eigenvalue weighted by atomic mass is 16.5. The number of carboxylic acid groups (broad SMARTS) is 1. The van der Waals surface area contributed by atoms with Crippen LogP contribution in [0.2, 0.25) is 0 Å². The number of nitrogens with one attached hydrogen (secondary N) is 1. The molecule has 1 aromatic rings. The molecule has 0 fully saturated rings. The van der Waals surface area contributed by atoms with Gasteiger partial charge < -0.3 is 15.2 Å². The first-order valence-corrected chi connectivity index (χ1v) is 6.71. The summed E-state index contributed by atoms with van der Waals surface area (Å²) < 4.78 is 4.83. The number of carboxylic acids is 1. The second-order valence-electron chi connectivity index (χ2n) is 4.62. The summed E-state index contributed by atoms with van der Waals surface area (Å²) >= 11 is 0. The Balaban J connectivity index is 2.68. The predicted molar refractivity (Wildman–Crippen MR) is 75.7 cm³/mol. The average molecular weight is 293 g/mol. The van der Waals surface area contributed by atoms with E-state index in [1.54, 1.807) is 44.2 Å². The maximum atomic E-state index is 11.9. The molecule has 0 unspecified atom stereocenters. The largest absolute Gasteiger partial charge is 0.480 e. The third-order valence-electron chi connectivity index (χ3n) is 2.92. The number of esters is 1. The topological polar surface area (TPSA) is 92.7 Å². The quantitative estimate of drug-likeness (QED) is 0.742. The Morgan fingerprint density at radius 1 is 1.24 bits per heavy atom. The molecule has 0 aliphatic carbocycles. The molecule has 2 N–H and O–H groups in total. The molecule has 114 valence electrons. The maximum Gasteiger partial charge on any atom is 0.326 e. The SMILES string of the molecule is CCOC(=O)[C@H](C)C[C@@H](NC(=O)c1ccccc1)C(=O)O. The minimum absolute atomic E-state index is 0.0211. The van der Waals surface area contributed by atoms with Crippen molar-refractivity contribution in [2.24, 2.45) is 5.92 Å². The lowest BCUT2D eigenvalue weighted by atomic mass is 10.0. The van der Waals surface area contributed by atoms with Crippen molar-refractivity contribution in [3.05, 3.63) is 35.9 Å². The fraction of sp³-hybridized carbons (Fsp3) is 0.400. The summed E-state index contributed by atoms with van der Waals surface area (Å²) in [5.41, 5.74) is 0.368. The minimum atomic E-state index is -1.18. The normalized spacial score (nSPS) is 13.0. The molecule has 21 heavy (non-hydrogen) atoms. The van der Waals surface area contributed by atoms with Crippen LogP contribution < -0.4 is 5.32 Å². The Morgan fingerprint density at radius 3 is 2.38 bits per heavy atom. The third kappa shape index (κ3) is 5.25. The average Bonchev–Trinajstić information content (AvgIpc) is 2.47. The fourth-order valence-electron chi connectivity index (χ4n) is 1.79. The molecular weight excluding hydrogens is 274 g/mol. The van der Waals surface area contributed by atoms with Gasteiger partial charge in [0.05, 0.1) is 12.5 Å². The highest BCUT2D eigenvalue weighted by Crippen LogP contribution is 2.10. The standard InChI is InChI=1S/C15H19NO5/c1-3-21-15(20)10(2)9-12(14(18)19)16-13(17)11-7-5-4-6-8-11/h4-8,10,12H,3,9H2,1-2H3,(H,16,17)(H,18,19)/t10-,12-/m1/s1. The number of hydrogen-bond donors (Lipinski definition) is 2. The number of aliphatic carboxylic acids is 1. The molecule has 0 bridgehead atoms. The molecular formula is C15H19NO5. The van der Waals surface area contributed by atoms with E-state index in [1.807, 2.05) is 0 Å². The van der Waals surface area contributed by atoms with Gasteiger partial charge in [-0.15, -0.1) is 0 Å². The van der Waals surface area contributed by atoms with E-state index in [-0.39, 0.29) is 13.0 Å². The Hall–Kier alpha value is -2.37. The lowest BCUT2D eigenvalue weighted by molar-refractivity contribution is -0.148.